The minimum absolute atomic E-state index is 0.113. The van der Waals surface area contributed by atoms with Crippen molar-refractivity contribution in [2.75, 3.05) is 25.0 Å². The third-order valence-corrected chi connectivity index (χ3v) is 3.44. The predicted octanol–water partition coefficient (Wildman–Crippen LogP) is 1.29. The molecule has 0 spiro atoms. The van der Waals surface area contributed by atoms with Crippen LogP contribution in [0, 0.1) is 5.92 Å². The third-order valence-electron chi connectivity index (χ3n) is 2.81. The van der Waals surface area contributed by atoms with Gasteiger partial charge in [-0.05, 0) is 0 Å². The van der Waals surface area contributed by atoms with E-state index in [0.29, 0.717) is 18.2 Å². The maximum Gasteiger partial charge on any atom is 0.323 e. The molecule has 1 aliphatic rings. The van der Waals surface area contributed by atoms with E-state index in [9.17, 15) is 4.79 Å². The summed E-state index contributed by atoms with van der Waals surface area (Å²) in [7, 11) is 0. The van der Waals surface area contributed by atoms with E-state index in [1.807, 2.05) is 20.8 Å². The van der Waals surface area contributed by atoms with Crippen molar-refractivity contribution in [1.82, 2.24) is 14.3 Å². The van der Waals surface area contributed by atoms with Crippen LogP contribution in [-0.4, -0.2) is 45.1 Å². The smallest absolute Gasteiger partial charge is 0.323 e. The van der Waals surface area contributed by atoms with E-state index in [1.54, 1.807) is 4.90 Å². The number of hydrogen-bond donors (Lipinski definition) is 2. The molecule has 0 aliphatic carbocycles. The number of aliphatic hydroxyl groups is 1. The van der Waals surface area contributed by atoms with Gasteiger partial charge in [0.25, 0.3) is 0 Å². The van der Waals surface area contributed by atoms with Crippen molar-refractivity contribution in [2.45, 2.75) is 26.2 Å². The van der Waals surface area contributed by atoms with Crippen LogP contribution in [0.4, 0.5) is 9.93 Å². The number of likely N-dealkylation sites (tertiary alicyclic amines) is 1. The summed E-state index contributed by atoms with van der Waals surface area (Å²) in [5.41, 5.74) is -0.113. The van der Waals surface area contributed by atoms with Gasteiger partial charge < -0.3 is 10.0 Å². The zero-order valence-electron chi connectivity index (χ0n) is 10.8. The summed E-state index contributed by atoms with van der Waals surface area (Å²) in [5, 5.41) is 12.1. The summed E-state index contributed by atoms with van der Waals surface area (Å²) in [6.45, 7) is 7.43. The van der Waals surface area contributed by atoms with E-state index in [1.165, 1.54) is 11.5 Å². The normalized spacial score (nSPS) is 16.6. The van der Waals surface area contributed by atoms with Crippen molar-refractivity contribution in [3.05, 3.63) is 5.82 Å². The van der Waals surface area contributed by atoms with E-state index in [-0.39, 0.29) is 24.0 Å². The Kier molecular flexibility index (Phi) is 3.54. The van der Waals surface area contributed by atoms with Crippen molar-refractivity contribution in [3.63, 3.8) is 0 Å². The summed E-state index contributed by atoms with van der Waals surface area (Å²) in [6.07, 6.45) is 0. The van der Waals surface area contributed by atoms with Crippen molar-refractivity contribution in [2.24, 2.45) is 5.92 Å². The molecule has 0 saturated carbocycles. The fourth-order valence-electron chi connectivity index (χ4n) is 1.60. The minimum atomic E-state index is -0.170. The van der Waals surface area contributed by atoms with Crippen LogP contribution in [0.25, 0.3) is 0 Å². The fraction of sp³-hybridized carbons (Fsp3) is 0.727. The summed E-state index contributed by atoms with van der Waals surface area (Å²) >= 11 is 1.19. The van der Waals surface area contributed by atoms with Crippen molar-refractivity contribution < 1.29 is 9.90 Å². The van der Waals surface area contributed by atoms with E-state index in [2.05, 4.69) is 14.7 Å². The van der Waals surface area contributed by atoms with Gasteiger partial charge in [-0.25, -0.2) is 9.78 Å². The van der Waals surface area contributed by atoms with Crippen LogP contribution in [0.5, 0.6) is 0 Å². The molecule has 0 unspecified atom stereocenters. The first-order chi connectivity index (χ1) is 8.40. The van der Waals surface area contributed by atoms with Gasteiger partial charge in [-0.3, -0.25) is 5.32 Å². The van der Waals surface area contributed by atoms with Gasteiger partial charge in [0.15, 0.2) is 0 Å². The lowest BCUT2D eigenvalue weighted by molar-refractivity contribution is 0.0838. The lowest BCUT2D eigenvalue weighted by Gasteiger charge is -2.37. The Morgan fingerprint density at radius 1 is 1.56 bits per heavy atom. The minimum Gasteiger partial charge on any atom is -0.396 e. The number of hydrogen-bond acceptors (Lipinski definition) is 5. The van der Waals surface area contributed by atoms with Gasteiger partial charge >= 0.3 is 6.03 Å². The van der Waals surface area contributed by atoms with Crippen LogP contribution in [0.1, 0.15) is 26.6 Å². The highest BCUT2D eigenvalue weighted by molar-refractivity contribution is 7.09. The van der Waals surface area contributed by atoms with Crippen molar-refractivity contribution >= 4 is 22.7 Å². The van der Waals surface area contributed by atoms with Gasteiger partial charge in [0.1, 0.15) is 5.82 Å². The number of aliphatic hydroxyl groups excluding tert-OH is 1. The number of nitrogens with one attached hydrogen (secondary N) is 1. The molecule has 1 aromatic rings. The molecule has 1 aliphatic heterocycles. The van der Waals surface area contributed by atoms with E-state index in [4.69, 9.17) is 5.11 Å². The molecule has 1 aromatic heterocycles. The van der Waals surface area contributed by atoms with Crippen LogP contribution < -0.4 is 5.32 Å². The van der Waals surface area contributed by atoms with Gasteiger partial charge in [-0.1, -0.05) is 20.8 Å². The lowest BCUT2D eigenvalue weighted by Crippen LogP contribution is -2.52. The van der Waals surface area contributed by atoms with Crippen LogP contribution in [-0.2, 0) is 5.41 Å². The first-order valence-corrected chi connectivity index (χ1v) is 6.68. The average Bonchev–Trinajstić information content (AvgIpc) is 2.63. The second-order valence-corrected chi connectivity index (χ2v) is 6.31. The molecular formula is C11H18N4O2S. The lowest BCUT2D eigenvalue weighted by atomic mass is 9.96. The molecular weight excluding hydrogens is 252 g/mol. The Morgan fingerprint density at radius 3 is 2.72 bits per heavy atom. The molecule has 0 radical (unpaired) electrons. The predicted molar refractivity (Wildman–Crippen MR) is 69.8 cm³/mol. The van der Waals surface area contributed by atoms with Crippen molar-refractivity contribution in [3.8, 4) is 0 Å². The summed E-state index contributed by atoms with van der Waals surface area (Å²) < 4.78 is 4.23. The first-order valence-electron chi connectivity index (χ1n) is 5.91. The topological polar surface area (TPSA) is 78.4 Å². The zero-order chi connectivity index (χ0) is 13.3. The van der Waals surface area contributed by atoms with Gasteiger partial charge in [0, 0.05) is 42.6 Å². The Morgan fingerprint density at radius 2 is 2.22 bits per heavy atom. The molecule has 0 aromatic carbocycles. The fourth-order valence-corrected chi connectivity index (χ4v) is 2.35. The van der Waals surface area contributed by atoms with Gasteiger partial charge in [-0.2, -0.15) is 4.37 Å². The summed E-state index contributed by atoms with van der Waals surface area (Å²) in [5.74, 6) is 0.954. The van der Waals surface area contributed by atoms with Crippen molar-refractivity contribution in [1.29, 1.82) is 0 Å². The Labute approximate surface area is 110 Å². The SMILES string of the molecule is CC(C)(C)c1nsc(NC(=O)N2CC(CO)C2)n1. The monoisotopic (exact) mass is 270 g/mol. The maximum absolute atomic E-state index is 11.8. The van der Waals surface area contributed by atoms with Crippen LogP contribution in [0.3, 0.4) is 0 Å². The highest BCUT2D eigenvalue weighted by atomic mass is 32.1. The van der Waals surface area contributed by atoms with Crippen LogP contribution in [0.2, 0.25) is 0 Å². The molecule has 7 heteroatoms. The standard InChI is InChI=1S/C11H18N4O2S/c1-11(2,3)8-12-9(18-14-8)13-10(17)15-4-7(5-15)6-16/h7,16H,4-6H2,1-3H3,(H,12,13,14,17). The molecule has 2 N–H and O–H groups in total. The van der Waals surface area contributed by atoms with Gasteiger partial charge in [0.05, 0.1) is 0 Å². The highest BCUT2D eigenvalue weighted by Crippen LogP contribution is 2.23. The molecule has 2 heterocycles. The molecule has 2 amide bonds. The Bertz CT molecular complexity index is 434. The Balaban J connectivity index is 1.90. The number of aromatic nitrogens is 2. The molecule has 2 rings (SSSR count). The second kappa shape index (κ2) is 4.81. The second-order valence-electron chi connectivity index (χ2n) is 5.56. The molecule has 1 fully saturated rings. The zero-order valence-corrected chi connectivity index (χ0v) is 11.6. The largest absolute Gasteiger partial charge is 0.396 e. The van der Waals surface area contributed by atoms with E-state index in [0.717, 1.165) is 5.82 Å². The number of nitrogens with zero attached hydrogens (tertiary/aromatic N) is 3. The number of urea groups is 1. The number of carbonyl (C=O) groups excluding carboxylic acids is 1. The number of amides is 2. The molecule has 0 atom stereocenters. The number of rotatable bonds is 2. The number of anilines is 1. The molecule has 100 valence electrons. The van der Waals surface area contributed by atoms with Crippen LogP contribution in [0.15, 0.2) is 0 Å². The molecule has 6 nitrogen and oxygen atoms in total. The molecule has 1 saturated heterocycles. The maximum atomic E-state index is 11.8. The van der Waals surface area contributed by atoms with Gasteiger partial charge in [0.2, 0.25) is 5.13 Å². The quantitative estimate of drug-likeness (QED) is 0.849. The summed E-state index contributed by atoms with van der Waals surface area (Å²) in [6, 6.07) is -0.170. The first kappa shape index (κ1) is 13.2. The average molecular weight is 270 g/mol. The highest BCUT2D eigenvalue weighted by Gasteiger charge is 2.30. The molecule has 18 heavy (non-hydrogen) atoms. The van der Waals surface area contributed by atoms with Crippen LogP contribution >= 0.6 is 11.5 Å². The molecule has 0 bridgehead atoms. The Hall–Kier alpha value is -1.21. The third kappa shape index (κ3) is 2.78. The van der Waals surface area contributed by atoms with E-state index < -0.39 is 0 Å². The van der Waals surface area contributed by atoms with Gasteiger partial charge in [-0.15, -0.1) is 0 Å². The van der Waals surface area contributed by atoms with E-state index >= 15 is 0 Å². The number of carbonyl (C=O) groups is 1. The summed E-state index contributed by atoms with van der Waals surface area (Å²) in [4.78, 5) is 17.7.